The quantitative estimate of drug-likeness (QED) is 0.530. The summed E-state index contributed by atoms with van der Waals surface area (Å²) in [6.07, 6.45) is 0. The summed E-state index contributed by atoms with van der Waals surface area (Å²) in [4.78, 5) is 0. The van der Waals surface area contributed by atoms with E-state index in [4.69, 9.17) is 0 Å². The van der Waals surface area contributed by atoms with Crippen LogP contribution in [0.3, 0.4) is 0 Å². The van der Waals surface area contributed by atoms with Crippen LogP contribution in [0.25, 0.3) is 0 Å². The van der Waals surface area contributed by atoms with Gasteiger partial charge in [0, 0.05) is 32.0 Å². The molecule has 0 fully saturated rings. The topological polar surface area (TPSA) is 28.5 Å². The van der Waals surface area contributed by atoms with Crippen molar-refractivity contribution in [1.29, 1.82) is 0 Å². The van der Waals surface area contributed by atoms with Crippen LogP contribution in [0.15, 0.2) is 0 Å². The normalized spacial score (nSPS) is 0. The van der Waals surface area contributed by atoms with Crippen molar-refractivity contribution in [2.45, 2.75) is 0 Å². The van der Waals surface area contributed by atoms with Crippen LogP contribution in [0.2, 0.25) is 0 Å². The van der Waals surface area contributed by atoms with Crippen molar-refractivity contribution < 1.29 is 47.0 Å². The second-order valence-corrected chi connectivity index (χ2v) is 0. The molecule has 0 saturated heterocycles. The molecule has 4 heteroatoms. The maximum atomic E-state index is 0. The van der Waals surface area contributed by atoms with Crippen LogP contribution in [0.5, 0.6) is 0 Å². The zero-order valence-corrected chi connectivity index (χ0v) is 6.37. The number of rotatable bonds is 0. The second kappa shape index (κ2) is 24.1. The molecule has 0 aromatic heterocycles. The Morgan fingerprint density at radius 2 is 1.00 bits per heavy atom. The second-order valence-electron chi connectivity index (χ2n) is 0. The fourth-order valence-electron chi connectivity index (χ4n) is 0. The van der Waals surface area contributed by atoms with Gasteiger partial charge in [-0.25, -0.2) is 0 Å². The molecule has 30 valence electrons. The first-order valence-corrected chi connectivity index (χ1v) is 0. The molecule has 0 amide bonds. The smallest absolute Gasteiger partial charge is 2.00 e. The molecule has 0 unspecified atom stereocenters. The minimum atomic E-state index is 0. The van der Waals surface area contributed by atoms with Gasteiger partial charge in [0.2, 0.25) is 0 Å². The van der Waals surface area contributed by atoms with E-state index < -0.39 is 0 Å². The molecule has 0 aromatic carbocycles. The van der Waals surface area contributed by atoms with Crippen LogP contribution >= 0.6 is 0 Å². The molecule has 0 aliphatic carbocycles. The van der Waals surface area contributed by atoms with Gasteiger partial charge in [0.05, 0.1) is 0 Å². The Morgan fingerprint density at radius 3 is 1.00 bits per heavy atom. The summed E-state index contributed by atoms with van der Waals surface area (Å²) >= 11 is 0. The van der Waals surface area contributed by atoms with Crippen molar-refractivity contribution in [2.24, 2.45) is 0 Å². The third kappa shape index (κ3) is 9.66. The van der Waals surface area contributed by atoms with Gasteiger partial charge in [-0.1, -0.05) is 0 Å². The average molecular weight is 346 g/mol. The molecule has 0 aliphatic heterocycles. The summed E-state index contributed by atoms with van der Waals surface area (Å²) in [5.74, 6) is 0. The van der Waals surface area contributed by atoms with E-state index in [2.05, 4.69) is 0 Å². The largest absolute Gasteiger partial charge is 2.00 e. The molecule has 4 radical (unpaired) electrons. The number of hydrogen-bond donors (Lipinski definition) is 0. The van der Waals surface area contributed by atoms with Gasteiger partial charge in [0.25, 0.3) is 0 Å². The first-order valence-electron chi connectivity index (χ1n) is 0. The van der Waals surface area contributed by atoms with Gasteiger partial charge in [-0.05, 0) is 0 Å². The Kier molecular flexibility index (Phi) is 293. The molecular formula is OPdPtSi. The summed E-state index contributed by atoms with van der Waals surface area (Å²) in [6, 6.07) is 0. The third-order valence-electron chi connectivity index (χ3n) is 0. The Morgan fingerprint density at radius 1 is 1.00 bits per heavy atom. The van der Waals surface area contributed by atoms with Crippen LogP contribution in [-0.2, 0) is 47.0 Å². The van der Waals surface area contributed by atoms with Crippen molar-refractivity contribution >= 4 is 11.0 Å². The molecule has 0 saturated carbocycles. The standard InChI is InChI=1S/O.Pd.Pt.Si/q-2;+2;;. The Balaban J connectivity index is 0. The monoisotopic (exact) mass is 345 g/mol. The van der Waals surface area contributed by atoms with E-state index in [-0.39, 0.29) is 57.9 Å². The Labute approximate surface area is 57.8 Å². The first-order chi connectivity index (χ1) is 0. The van der Waals surface area contributed by atoms with E-state index in [0.29, 0.717) is 0 Å². The van der Waals surface area contributed by atoms with Crippen molar-refractivity contribution in [3.05, 3.63) is 0 Å². The van der Waals surface area contributed by atoms with Gasteiger partial charge < -0.3 is 5.48 Å². The van der Waals surface area contributed by atoms with Gasteiger partial charge in [-0.3, -0.25) is 0 Å². The molecule has 0 heterocycles. The van der Waals surface area contributed by atoms with E-state index >= 15 is 0 Å². The van der Waals surface area contributed by atoms with Crippen molar-refractivity contribution in [1.82, 2.24) is 0 Å². The molecule has 0 aromatic rings. The zero-order chi connectivity index (χ0) is 0. The summed E-state index contributed by atoms with van der Waals surface area (Å²) < 4.78 is 0. The van der Waals surface area contributed by atoms with E-state index in [0.717, 1.165) is 0 Å². The minimum absolute atomic E-state index is 0. The molecule has 0 spiro atoms. The maximum Gasteiger partial charge on any atom is 2.00 e. The Hall–Kier alpha value is 1.53. The van der Waals surface area contributed by atoms with E-state index in [9.17, 15) is 0 Å². The maximum absolute atomic E-state index is 0. The molecule has 0 rings (SSSR count). The van der Waals surface area contributed by atoms with Gasteiger partial charge >= 0.3 is 20.4 Å². The van der Waals surface area contributed by atoms with Gasteiger partial charge in [0.15, 0.2) is 0 Å². The van der Waals surface area contributed by atoms with Crippen LogP contribution in [0, 0.1) is 0 Å². The fourth-order valence-corrected chi connectivity index (χ4v) is 0. The molecule has 0 bridgehead atoms. The van der Waals surface area contributed by atoms with Crippen LogP contribution in [-0.4, -0.2) is 11.0 Å². The molecule has 0 N–H and O–H groups in total. The van der Waals surface area contributed by atoms with Crippen LogP contribution in [0.1, 0.15) is 0 Å². The molecule has 1 nitrogen and oxygen atoms in total. The van der Waals surface area contributed by atoms with Crippen molar-refractivity contribution in [3.63, 3.8) is 0 Å². The first kappa shape index (κ1) is 48.6. The minimum Gasteiger partial charge on any atom is -2.00 e. The molecule has 0 aliphatic rings. The average Bonchev–Trinajstić information content (AvgIpc) is 0. The summed E-state index contributed by atoms with van der Waals surface area (Å²) in [5.41, 5.74) is 0. The van der Waals surface area contributed by atoms with Crippen LogP contribution < -0.4 is 0 Å². The van der Waals surface area contributed by atoms with Crippen LogP contribution in [0.4, 0.5) is 0 Å². The van der Waals surface area contributed by atoms with Crippen molar-refractivity contribution in [3.8, 4) is 0 Å². The predicted octanol–water partition coefficient (Wildman–Crippen LogP) is -0.505. The van der Waals surface area contributed by atoms with Crippen molar-refractivity contribution in [2.75, 3.05) is 0 Å². The van der Waals surface area contributed by atoms with E-state index in [1.54, 1.807) is 0 Å². The molecular weight excluding hydrogens is 346 g/mol. The Bertz CT molecular complexity index is 8.00. The molecule has 0 atom stereocenters. The SMILES string of the molecule is [O-2].[Pd+2].[Pt].[Si]. The third-order valence-corrected chi connectivity index (χ3v) is 0. The summed E-state index contributed by atoms with van der Waals surface area (Å²) in [7, 11) is 0. The van der Waals surface area contributed by atoms with Gasteiger partial charge in [0.1, 0.15) is 0 Å². The van der Waals surface area contributed by atoms with E-state index in [1.807, 2.05) is 0 Å². The summed E-state index contributed by atoms with van der Waals surface area (Å²) in [5, 5.41) is 0. The van der Waals surface area contributed by atoms with Gasteiger partial charge in [-0.15, -0.1) is 0 Å². The molecule has 4 heavy (non-hydrogen) atoms. The van der Waals surface area contributed by atoms with Gasteiger partial charge in [-0.2, -0.15) is 0 Å². The fraction of sp³-hybridized carbons (Fsp3) is 0. The predicted molar refractivity (Wildman–Crippen MR) is 6.44 cm³/mol. The van der Waals surface area contributed by atoms with E-state index in [1.165, 1.54) is 0 Å². The summed E-state index contributed by atoms with van der Waals surface area (Å²) in [6.45, 7) is 0. The number of hydrogen-bond acceptors (Lipinski definition) is 0. The zero-order valence-electron chi connectivity index (χ0n) is 1.54.